The molecule has 1 saturated heterocycles. The summed E-state index contributed by atoms with van der Waals surface area (Å²) in [7, 11) is 0. The molecule has 1 heterocycles. The number of aliphatic hydroxyl groups excluding tert-OH is 1. The number of ether oxygens (including phenoxy) is 1. The van der Waals surface area contributed by atoms with Crippen molar-refractivity contribution >= 4 is 40.1 Å². The number of rotatable bonds is 8. The predicted octanol–water partition coefficient (Wildman–Crippen LogP) is 3.43. The van der Waals surface area contributed by atoms with E-state index in [1.165, 1.54) is 11.8 Å². The van der Waals surface area contributed by atoms with Gasteiger partial charge in [-0.1, -0.05) is 30.0 Å². The molecule has 0 aliphatic carbocycles. The zero-order valence-electron chi connectivity index (χ0n) is 16.8. The van der Waals surface area contributed by atoms with E-state index in [-0.39, 0.29) is 24.8 Å². The smallest absolute Gasteiger partial charge is 0.238 e. The van der Waals surface area contributed by atoms with Gasteiger partial charge in [-0.2, -0.15) is 0 Å². The Bertz CT molecular complexity index is 887. The maximum atomic E-state index is 12.8. The predicted molar refractivity (Wildman–Crippen MR) is 119 cm³/mol. The molecule has 1 aliphatic rings. The Kier molecular flexibility index (Phi) is 7.87. The number of aliphatic imine (C=N–C) groups is 1. The summed E-state index contributed by atoms with van der Waals surface area (Å²) in [6, 6.07) is 16.4. The fourth-order valence-corrected chi connectivity index (χ4v) is 4.05. The number of hydrogen-bond acceptors (Lipinski definition) is 6. The minimum absolute atomic E-state index is 0.0191. The number of thioether (sulfide) groups is 1. The summed E-state index contributed by atoms with van der Waals surface area (Å²) >= 11 is 1.26. The molecule has 2 N–H and O–H groups in total. The summed E-state index contributed by atoms with van der Waals surface area (Å²) in [5, 5.41) is 11.9. The van der Waals surface area contributed by atoms with E-state index in [0.717, 1.165) is 5.75 Å². The normalized spacial score (nSPS) is 17.8. The Labute approximate surface area is 180 Å². The van der Waals surface area contributed by atoms with E-state index in [9.17, 15) is 9.59 Å². The van der Waals surface area contributed by atoms with E-state index in [4.69, 9.17) is 9.84 Å². The third kappa shape index (κ3) is 5.84. The molecule has 2 amide bonds. The molecule has 30 heavy (non-hydrogen) atoms. The minimum Gasteiger partial charge on any atom is -0.494 e. The van der Waals surface area contributed by atoms with Crippen molar-refractivity contribution in [3.05, 3.63) is 54.6 Å². The van der Waals surface area contributed by atoms with E-state index in [1.807, 2.05) is 37.3 Å². The van der Waals surface area contributed by atoms with Crippen LogP contribution >= 0.6 is 11.8 Å². The van der Waals surface area contributed by atoms with Crippen LogP contribution in [0.5, 0.6) is 5.75 Å². The first-order chi connectivity index (χ1) is 14.6. The number of carbonyl (C=O) groups is 2. The SMILES string of the molecule is CCOc1ccc(NC(=O)[C@H]2CC(=O)N(CCCO)C(=Nc3ccccc3)S2)cc1. The molecule has 1 aliphatic heterocycles. The van der Waals surface area contributed by atoms with Crippen LogP contribution in [-0.4, -0.2) is 52.0 Å². The quantitative estimate of drug-likeness (QED) is 0.674. The topological polar surface area (TPSA) is 91.2 Å². The van der Waals surface area contributed by atoms with Gasteiger partial charge in [-0.15, -0.1) is 0 Å². The first-order valence-corrected chi connectivity index (χ1v) is 10.7. The number of aliphatic hydroxyl groups is 1. The monoisotopic (exact) mass is 427 g/mol. The van der Waals surface area contributed by atoms with E-state index >= 15 is 0 Å². The lowest BCUT2D eigenvalue weighted by Gasteiger charge is -2.31. The first kappa shape index (κ1) is 21.9. The van der Waals surface area contributed by atoms with Crippen molar-refractivity contribution in [2.45, 2.75) is 25.0 Å². The summed E-state index contributed by atoms with van der Waals surface area (Å²) in [5.74, 6) is 0.304. The first-order valence-electron chi connectivity index (χ1n) is 9.86. The minimum atomic E-state index is -0.586. The third-order valence-corrected chi connectivity index (χ3v) is 5.57. The van der Waals surface area contributed by atoms with Crippen molar-refractivity contribution in [2.75, 3.05) is 25.1 Å². The van der Waals surface area contributed by atoms with E-state index < -0.39 is 5.25 Å². The van der Waals surface area contributed by atoms with Gasteiger partial charge in [0, 0.05) is 25.3 Å². The number of para-hydroxylation sites is 1. The van der Waals surface area contributed by atoms with Crippen LogP contribution in [0.2, 0.25) is 0 Å². The molecule has 1 fully saturated rings. The fourth-order valence-electron chi connectivity index (χ4n) is 2.93. The Morgan fingerprint density at radius 3 is 2.63 bits per heavy atom. The van der Waals surface area contributed by atoms with Crippen molar-refractivity contribution in [3.63, 3.8) is 0 Å². The molecule has 158 valence electrons. The average molecular weight is 428 g/mol. The Morgan fingerprint density at radius 2 is 1.97 bits per heavy atom. The summed E-state index contributed by atoms with van der Waals surface area (Å²) < 4.78 is 5.41. The molecular formula is C22H25N3O4S. The van der Waals surface area contributed by atoms with Gasteiger partial charge in [-0.05, 0) is 49.7 Å². The van der Waals surface area contributed by atoms with Crippen LogP contribution in [0.3, 0.4) is 0 Å². The molecule has 1 atom stereocenters. The number of amidine groups is 1. The lowest BCUT2D eigenvalue weighted by atomic mass is 10.2. The highest BCUT2D eigenvalue weighted by Crippen LogP contribution is 2.30. The van der Waals surface area contributed by atoms with E-state index in [2.05, 4.69) is 10.3 Å². The van der Waals surface area contributed by atoms with Crippen molar-refractivity contribution in [1.82, 2.24) is 4.90 Å². The van der Waals surface area contributed by atoms with Gasteiger partial charge in [0.1, 0.15) is 11.0 Å². The van der Waals surface area contributed by atoms with Gasteiger partial charge in [0.25, 0.3) is 0 Å². The van der Waals surface area contributed by atoms with Crippen LogP contribution in [0, 0.1) is 0 Å². The van der Waals surface area contributed by atoms with Gasteiger partial charge in [0.15, 0.2) is 5.17 Å². The lowest BCUT2D eigenvalue weighted by Crippen LogP contribution is -2.45. The maximum Gasteiger partial charge on any atom is 0.238 e. The molecule has 0 spiro atoms. The van der Waals surface area contributed by atoms with Gasteiger partial charge in [0.2, 0.25) is 11.8 Å². The summed E-state index contributed by atoms with van der Waals surface area (Å²) in [6.45, 7) is 2.82. The number of carbonyl (C=O) groups excluding carboxylic acids is 2. The molecule has 2 aromatic carbocycles. The summed E-state index contributed by atoms with van der Waals surface area (Å²) in [6.07, 6.45) is 0.524. The van der Waals surface area contributed by atoms with Gasteiger partial charge < -0.3 is 15.2 Å². The number of nitrogens with zero attached hydrogens (tertiary/aromatic N) is 2. The van der Waals surface area contributed by atoms with Crippen LogP contribution in [0.4, 0.5) is 11.4 Å². The molecule has 0 unspecified atom stereocenters. The average Bonchev–Trinajstić information content (AvgIpc) is 2.75. The van der Waals surface area contributed by atoms with E-state index in [1.54, 1.807) is 29.2 Å². The fraction of sp³-hybridized carbons (Fsp3) is 0.318. The van der Waals surface area contributed by atoms with E-state index in [0.29, 0.717) is 36.1 Å². The number of hydrogen-bond donors (Lipinski definition) is 2. The largest absolute Gasteiger partial charge is 0.494 e. The van der Waals surface area contributed by atoms with Crippen LogP contribution in [0.15, 0.2) is 59.6 Å². The maximum absolute atomic E-state index is 12.8. The second kappa shape index (κ2) is 10.8. The molecule has 7 nitrogen and oxygen atoms in total. The van der Waals surface area contributed by atoms with Gasteiger partial charge >= 0.3 is 0 Å². The highest BCUT2D eigenvalue weighted by Gasteiger charge is 2.35. The van der Waals surface area contributed by atoms with Gasteiger partial charge in [-0.3, -0.25) is 14.5 Å². The number of nitrogens with one attached hydrogen (secondary N) is 1. The zero-order chi connectivity index (χ0) is 21.3. The molecule has 3 rings (SSSR count). The molecule has 0 saturated carbocycles. The van der Waals surface area contributed by atoms with Crippen LogP contribution < -0.4 is 10.1 Å². The Morgan fingerprint density at radius 1 is 1.23 bits per heavy atom. The molecule has 0 aromatic heterocycles. The molecule has 0 radical (unpaired) electrons. The van der Waals surface area contributed by atoms with Crippen LogP contribution in [-0.2, 0) is 9.59 Å². The highest BCUT2D eigenvalue weighted by molar-refractivity contribution is 8.15. The van der Waals surface area contributed by atoms with Crippen LogP contribution in [0.1, 0.15) is 19.8 Å². The van der Waals surface area contributed by atoms with Crippen LogP contribution in [0.25, 0.3) is 0 Å². The summed E-state index contributed by atoms with van der Waals surface area (Å²) in [5.41, 5.74) is 1.34. The molecule has 0 bridgehead atoms. The molecule has 8 heteroatoms. The molecule has 2 aromatic rings. The zero-order valence-corrected chi connectivity index (χ0v) is 17.6. The molecular weight excluding hydrogens is 402 g/mol. The number of benzene rings is 2. The van der Waals surface area contributed by atoms with Crippen molar-refractivity contribution in [3.8, 4) is 5.75 Å². The highest BCUT2D eigenvalue weighted by atomic mass is 32.2. The van der Waals surface area contributed by atoms with Gasteiger partial charge in [-0.25, -0.2) is 4.99 Å². The summed E-state index contributed by atoms with van der Waals surface area (Å²) in [4.78, 5) is 31.7. The van der Waals surface area contributed by atoms with Crippen molar-refractivity contribution in [2.24, 2.45) is 4.99 Å². The lowest BCUT2D eigenvalue weighted by molar-refractivity contribution is -0.129. The standard InChI is InChI=1S/C22H25N3O4S/c1-2-29-18-11-9-17(10-12-18)23-21(28)19-15-20(27)25(13-6-14-26)22(30-19)24-16-7-4-3-5-8-16/h3-5,7-12,19,26H,2,6,13-15H2,1H3,(H,23,28)/t19-/m1/s1. The Balaban J connectivity index is 1.74. The van der Waals surface area contributed by atoms with Crippen molar-refractivity contribution < 1.29 is 19.4 Å². The van der Waals surface area contributed by atoms with Crippen molar-refractivity contribution in [1.29, 1.82) is 0 Å². The number of anilines is 1. The Hall–Kier alpha value is -2.84. The number of amides is 2. The van der Waals surface area contributed by atoms with Gasteiger partial charge in [0.05, 0.1) is 12.3 Å². The second-order valence-electron chi connectivity index (χ2n) is 6.61. The second-order valence-corrected chi connectivity index (χ2v) is 7.78. The third-order valence-electron chi connectivity index (χ3n) is 4.39.